The Balaban J connectivity index is 1.92. The lowest BCUT2D eigenvalue weighted by molar-refractivity contribution is 0.213. The van der Waals surface area contributed by atoms with Gasteiger partial charge in [0.2, 0.25) is 0 Å². The minimum atomic E-state index is 0.894. The van der Waals surface area contributed by atoms with Gasteiger partial charge in [-0.05, 0) is 37.5 Å². The van der Waals surface area contributed by atoms with Gasteiger partial charge in [-0.2, -0.15) is 0 Å². The van der Waals surface area contributed by atoms with Crippen LogP contribution in [0, 0.1) is 11.8 Å². The van der Waals surface area contributed by atoms with Crippen molar-refractivity contribution >= 4 is 5.96 Å². The maximum absolute atomic E-state index is 4.55. The summed E-state index contributed by atoms with van der Waals surface area (Å²) in [6.07, 6.45) is 5.29. The SMILES string of the molecule is CN=C(N1CCC(C)CC1)N1CCC(C)CC1. The van der Waals surface area contributed by atoms with Crippen molar-refractivity contribution in [2.75, 3.05) is 33.2 Å². The molecule has 3 nitrogen and oxygen atoms in total. The topological polar surface area (TPSA) is 18.8 Å². The molecule has 0 unspecified atom stereocenters. The largest absolute Gasteiger partial charge is 0.343 e. The standard InChI is InChI=1S/C14H27N3/c1-12-4-8-16(9-5-12)14(15-3)17-10-6-13(2)7-11-17/h12-13H,4-11H2,1-3H3. The molecule has 0 amide bonds. The second-order valence-electron chi connectivity index (χ2n) is 5.86. The van der Waals surface area contributed by atoms with Gasteiger partial charge in [-0.3, -0.25) is 4.99 Å². The van der Waals surface area contributed by atoms with E-state index in [9.17, 15) is 0 Å². The zero-order valence-corrected chi connectivity index (χ0v) is 11.7. The summed E-state index contributed by atoms with van der Waals surface area (Å²) in [7, 11) is 1.95. The van der Waals surface area contributed by atoms with Gasteiger partial charge in [-0.25, -0.2) is 0 Å². The van der Waals surface area contributed by atoms with Gasteiger partial charge >= 0.3 is 0 Å². The fraction of sp³-hybridized carbons (Fsp3) is 0.929. The summed E-state index contributed by atoms with van der Waals surface area (Å²) in [5.41, 5.74) is 0. The highest BCUT2D eigenvalue weighted by atomic mass is 15.4. The molecule has 0 aliphatic carbocycles. The molecule has 0 aromatic heterocycles. The first-order chi connectivity index (χ1) is 8.20. The minimum absolute atomic E-state index is 0.894. The lowest BCUT2D eigenvalue weighted by Crippen LogP contribution is -2.49. The molecular formula is C14H27N3. The number of piperidine rings is 2. The number of guanidine groups is 1. The summed E-state index contributed by atoms with van der Waals surface area (Å²) in [6.45, 7) is 9.50. The Bertz CT molecular complexity index is 235. The summed E-state index contributed by atoms with van der Waals surface area (Å²) in [5, 5.41) is 0. The molecule has 2 heterocycles. The van der Waals surface area contributed by atoms with Crippen LogP contribution in [0.2, 0.25) is 0 Å². The number of hydrogen-bond acceptors (Lipinski definition) is 1. The molecule has 98 valence electrons. The number of nitrogens with zero attached hydrogens (tertiary/aromatic N) is 3. The second-order valence-corrected chi connectivity index (χ2v) is 5.86. The van der Waals surface area contributed by atoms with Crippen molar-refractivity contribution in [3.8, 4) is 0 Å². The van der Waals surface area contributed by atoms with Crippen molar-refractivity contribution < 1.29 is 0 Å². The molecule has 3 heteroatoms. The van der Waals surface area contributed by atoms with E-state index in [2.05, 4.69) is 28.6 Å². The smallest absolute Gasteiger partial charge is 0.196 e. The molecule has 0 bridgehead atoms. The molecule has 0 saturated carbocycles. The van der Waals surface area contributed by atoms with Gasteiger partial charge < -0.3 is 9.80 Å². The van der Waals surface area contributed by atoms with Crippen LogP contribution in [0.25, 0.3) is 0 Å². The summed E-state index contributed by atoms with van der Waals surface area (Å²) in [4.78, 5) is 9.55. The number of aliphatic imine (C=N–C) groups is 1. The third-order valence-corrected chi connectivity index (χ3v) is 4.33. The van der Waals surface area contributed by atoms with Crippen molar-refractivity contribution in [3.05, 3.63) is 0 Å². The number of likely N-dealkylation sites (tertiary alicyclic amines) is 2. The van der Waals surface area contributed by atoms with Gasteiger partial charge in [-0.1, -0.05) is 13.8 Å². The Labute approximate surface area is 106 Å². The Hall–Kier alpha value is -0.730. The first-order valence-corrected chi connectivity index (χ1v) is 7.17. The molecule has 2 rings (SSSR count). The van der Waals surface area contributed by atoms with Crippen LogP contribution in [-0.4, -0.2) is 49.0 Å². The van der Waals surface area contributed by atoms with Crippen molar-refractivity contribution in [1.82, 2.24) is 9.80 Å². The lowest BCUT2D eigenvalue weighted by atomic mass is 9.98. The second kappa shape index (κ2) is 5.74. The van der Waals surface area contributed by atoms with Crippen LogP contribution in [0.1, 0.15) is 39.5 Å². The van der Waals surface area contributed by atoms with Crippen LogP contribution in [0.5, 0.6) is 0 Å². The van der Waals surface area contributed by atoms with Crippen LogP contribution >= 0.6 is 0 Å². The van der Waals surface area contributed by atoms with E-state index in [-0.39, 0.29) is 0 Å². The summed E-state index contributed by atoms with van der Waals surface area (Å²) in [5.74, 6) is 3.04. The average Bonchev–Trinajstić information content (AvgIpc) is 2.35. The van der Waals surface area contributed by atoms with Crippen molar-refractivity contribution in [3.63, 3.8) is 0 Å². The van der Waals surface area contributed by atoms with E-state index in [0.29, 0.717) is 0 Å². The Morgan fingerprint density at radius 1 is 0.824 bits per heavy atom. The summed E-state index contributed by atoms with van der Waals surface area (Å²) < 4.78 is 0. The first kappa shape index (κ1) is 12.7. The number of hydrogen-bond donors (Lipinski definition) is 0. The van der Waals surface area contributed by atoms with Gasteiger partial charge in [-0.15, -0.1) is 0 Å². The molecule has 2 fully saturated rings. The Morgan fingerprint density at radius 3 is 1.47 bits per heavy atom. The van der Waals surface area contributed by atoms with E-state index in [1.807, 2.05) is 7.05 Å². The van der Waals surface area contributed by atoms with Crippen molar-refractivity contribution in [2.45, 2.75) is 39.5 Å². The highest BCUT2D eigenvalue weighted by Crippen LogP contribution is 2.21. The van der Waals surface area contributed by atoms with E-state index in [1.54, 1.807) is 0 Å². The predicted molar refractivity (Wildman–Crippen MR) is 73.3 cm³/mol. The van der Waals surface area contributed by atoms with E-state index in [0.717, 1.165) is 11.8 Å². The van der Waals surface area contributed by atoms with Gasteiger partial charge in [0.15, 0.2) is 5.96 Å². The fourth-order valence-electron chi connectivity index (χ4n) is 2.90. The molecule has 2 aliphatic heterocycles. The summed E-state index contributed by atoms with van der Waals surface area (Å²) >= 11 is 0. The Kier molecular flexibility index (Phi) is 4.30. The van der Waals surface area contributed by atoms with Crippen LogP contribution in [0.3, 0.4) is 0 Å². The normalized spacial score (nSPS) is 23.9. The molecule has 2 aliphatic rings. The van der Waals surface area contributed by atoms with Gasteiger partial charge in [0, 0.05) is 33.2 Å². The third-order valence-electron chi connectivity index (χ3n) is 4.33. The predicted octanol–water partition coefficient (Wildman–Crippen LogP) is 2.44. The van der Waals surface area contributed by atoms with E-state index < -0.39 is 0 Å². The third kappa shape index (κ3) is 3.14. The molecule has 2 saturated heterocycles. The van der Waals surface area contributed by atoms with E-state index in [4.69, 9.17) is 0 Å². The zero-order chi connectivity index (χ0) is 12.3. The molecule has 0 spiro atoms. The highest BCUT2D eigenvalue weighted by Gasteiger charge is 2.25. The molecular weight excluding hydrogens is 210 g/mol. The first-order valence-electron chi connectivity index (χ1n) is 7.17. The maximum atomic E-state index is 4.55. The monoisotopic (exact) mass is 237 g/mol. The quantitative estimate of drug-likeness (QED) is 0.476. The molecule has 0 N–H and O–H groups in total. The van der Waals surface area contributed by atoms with Crippen LogP contribution < -0.4 is 0 Å². The molecule has 17 heavy (non-hydrogen) atoms. The minimum Gasteiger partial charge on any atom is -0.343 e. The van der Waals surface area contributed by atoms with Gasteiger partial charge in [0.1, 0.15) is 0 Å². The maximum Gasteiger partial charge on any atom is 0.196 e. The van der Waals surface area contributed by atoms with Crippen molar-refractivity contribution in [2.24, 2.45) is 16.8 Å². The van der Waals surface area contributed by atoms with E-state index in [1.165, 1.54) is 57.8 Å². The van der Waals surface area contributed by atoms with Crippen LogP contribution in [-0.2, 0) is 0 Å². The molecule has 0 radical (unpaired) electrons. The molecule has 0 aromatic rings. The zero-order valence-electron chi connectivity index (χ0n) is 11.7. The fourth-order valence-corrected chi connectivity index (χ4v) is 2.90. The molecule has 0 atom stereocenters. The Morgan fingerprint density at radius 2 is 1.18 bits per heavy atom. The highest BCUT2D eigenvalue weighted by molar-refractivity contribution is 5.80. The van der Waals surface area contributed by atoms with Crippen LogP contribution in [0.15, 0.2) is 4.99 Å². The average molecular weight is 237 g/mol. The lowest BCUT2D eigenvalue weighted by Gasteiger charge is -2.40. The van der Waals surface area contributed by atoms with Gasteiger partial charge in [0.25, 0.3) is 0 Å². The van der Waals surface area contributed by atoms with Crippen LogP contribution in [0.4, 0.5) is 0 Å². The molecule has 0 aromatic carbocycles. The summed E-state index contributed by atoms with van der Waals surface area (Å²) in [6, 6.07) is 0. The van der Waals surface area contributed by atoms with E-state index >= 15 is 0 Å². The number of rotatable bonds is 0. The van der Waals surface area contributed by atoms with Gasteiger partial charge in [0.05, 0.1) is 0 Å². The van der Waals surface area contributed by atoms with Crippen molar-refractivity contribution in [1.29, 1.82) is 0 Å².